The number of hydrogen-bond donors (Lipinski definition) is 0. The molecule has 0 saturated carbocycles. The molecule has 0 fully saturated rings. The zero-order valence-electron chi connectivity index (χ0n) is 10.4. The molecule has 0 atom stereocenters. The molecule has 0 aliphatic carbocycles. The van der Waals surface area contributed by atoms with Gasteiger partial charge in [0.25, 0.3) is 0 Å². The van der Waals surface area contributed by atoms with E-state index < -0.39 is 0 Å². The number of benzene rings is 2. The van der Waals surface area contributed by atoms with Crippen LogP contribution in [-0.2, 0) is 0 Å². The Morgan fingerprint density at radius 1 is 0.889 bits per heavy atom. The molecule has 94 valence electrons. The van der Waals surface area contributed by atoms with Crippen LogP contribution in [0, 0.1) is 13.8 Å². The third-order valence-electron chi connectivity index (χ3n) is 2.66. The summed E-state index contributed by atoms with van der Waals surface area (Å²) in [5.41, 5.74) is 2.19. The minimum absolute atomic E-state index is 0.216. The Labute approximate surface area is 116 Å². The minimum Gasteiger partial charge on any atom is -0.457 e. The maximum atomic E-state index is 5.61. The van der Waals surface area contributed by atoms with Crippen molar-refractivity contribution < 1.29 is 9.47 Å². The van der Waals surface area contributed by atoms with Gasteiger partial charge in [-0.1, -0.05) is 34.1 Å². The van der Waals surface area contributed by atoms with Gasteiger partial charge in [0.2, 0.25) is 6.79 Å². The van der Waals surface area contributed by atoms with E-state index in [1.165, 1.54) is 0 Å². The van der Waals surface area contributed by atoms with Gasteiger partial charge in [-0.05, 0) is 49.2 Å². The number of rotatable bonds is 4. The Balaban J connectivity index is 1.95. The molecule has 0 unspecified atom stereocenters. The SMILES string of the molecule is Cc1ccccc1OCOc1ccc(Br)cc1C. The van der Waals surface area contributed by atoms with Crippen molar-refractivity contribution in [2.24, 2.45) is 0 Å². The summed E-state index contributed by atoms with van der Waals surface area (Å²) in [5, 5.41) is 0. The van der Waals surface area contributed by atoms with E-state index in [1.54, 1.807) is 0 Å². The van der Waals surface area contributed by atoms with Crippen molar-refractivity contribution >= 4 is 15.9 Å². The average Bonchev–Trinajstić information content (AvgIpc) is 2.34. The van der Waals surface area contributed by atoms with Crippen molar-refractivity contribution in [3.8, 4) is 11.5 Å². The molecule has 3 heteroatoms. The van der Waals surface area contributed by atoms with Crippen molar-refractivity contribution in [1.82, 2.24) is 0 Å². The van der Waals surface area contributed by atoms with Gasteiger partial charge in [-0.25, -0.2) is 0 Å². The van der Waals surface area contributed by atoms with Crippen LogP contribution >= 0.6 is 15.9 Å². The van der Waals surface area contributed by atoms with Crippen LogP contribution in [0.4, 0.5) is 0 Å². The van der Waals surface area contributed by atoms with E-state index in [9.17, 15) is 0 Å². The lowest BCUT2D eigenvalue weighted by molar-refractivity contribution is 0.118. The highest BCUT2D eigenvalue weighted by Crippen LogP contribution is 2.22. The lowest BCUT2D eigenvalue weighted by Gasteiger charge is -2.12. The monoisotopic (exact) mass is 306 g/mol. The maximum Gasteiger partial charge on any atom is 0.230 e. The molecule has 0 bridgehead atoms. The molecular weight excluding hydrogens is 292 g/mol. The lowest BCUT2D eigenvalue weighted by Crippen LogP contribution is -2.07. The molecule has 2 nitrogen and oxygen atoms in total. The Kier molecular flexibility index (Phi) is 4.26. The van der Waals surface area contributed by atoms with E-state index >= 15 is 0 Å². The van der Waals surface area contributed by atoms with Crippen LogP contribution in [0.3, 0.4) is 0 Å². The number of halogens is 1. The fraction of sp³-hybridized carbons (Fsp3) is 0.200. The maximum absolute atomic E-state index is 5.61. The van der Waals surface area contributed by atoms with Gasteiger partial charge in [0.15, 0.2) is 0 Å². The second kappa shape index (κ2) is 5.91. The van der Waals surface area contributed by atoms with Crippen LogP contribution in [0.15, 0.2) is 46.9 Å². The predicted molar refractivity (Wildman–Crippen MR) is 76.2 cm³/mol. The van der Waals surface area contributed by atoms with Crippen LogP contribution < -0.4 is 9.47 Å². The lowest BCUT2D eigenvalue weighted by atomic mass is 10.2. The highest BCUT2D eigenvalue weighted by molar-refractivity contribution is 9.10. The first-order chi connectivity index (χ1) is 8.66. The summed E-state index contributed by atoms with van der Waals surface area (Å²) in [6.07, 6.45) is 0. The Bertz CT molecular complexity index is 538. The molecule has 0 aliphatic rings. The van der Waals surface area contributed by atoms with Gasteiger partial charge in [0.05, 0.1) is 0 Å². The van der Waals surface area contributed by atoms with Gasteiger partial charge in [0, 0.05) is 4.47 Å². The first-order valence-electron chi connectivity index (χ1n) is 5.74. The molecule has 0 saturated heterocycles. The van der Waals surface area contributed by atoms with E-state index in [-0.39, 0.29) is 6.79 Å². The molecular formula is C15H15BrO2. The van der Waals surface area contributed by atoms with Crippen molar-refractivity contribution in [2.45, 2.75) is 13.8 Å². The summed E-state index contributed by atoms with van der Waals surface area (Å²) < 4.78 is 12.2. The molecule has 0 N–H and O–H groups in total. The fourth-order valence-corrected chi connectivity index (χ4v) is 2.13. The van der Waals surface area contributed by atoms with Gasteiger partial charge < -0.3 is 9.47 Å². The zero-order valence-corrected chi connectivity index (χ0v) is 12.0. The second-order valence-corrected chi connectivity index (χ2v) is 5.00. The van der Waals surface area contributed by atoms with Gasteiger partial charge in [0.1, 0.15) is 11.5 Å². The van der Waals surface area contributed by atoms with E-state index in [4.69, 9.17) is 9.47 Å². The Morgan fingerprint density at radius 3 is 2.22 bits per heavy atom. The highest BCUT2D eigenvalue weighted by Gasteiger charge is 2.01. The molecule has 2 aromatic carbocycles. The Hall–Kier alpha value is -1.48. The molecule has 0 spiro atoms. The smallest absolute Gasteiger partial charge is 0.230 e. The molecule has 0 aromatic heterocycles. The quantitative estimate of drug-likeness (QED) is 0.775. The van der Waals surface area contributed by atoms with Gasteiger partial charge in [-0.2, -0.15) is 0 Å². The summed E-state index contributed by atoms with van der Waals surface area (Å²) in [4.78, 5) is 0. The van der Waals surface area contributed by atoms with E-state index in [0.29, 0.717) is 0 Å². The highest BCUT2D eigenvalue weighted by atomic mass is 79.9. The normalized spacial score (nSPS) is 10.2. The zero-order chi connectivity index (χ0) is 13.0. The minimum atomic E-state index is 0.216. The fourth-order valence-electron chi connectivity index (χ4n) is 1.65. The van der Waals surface area contributed by atoms with Crippen molar-refractivity contribution in [3.05, 3.63) is 58.1 Å². The van der Waals surface area contributed by atoms with Crippen molar-refractivity contribution in [2.75, 3.05) is 6.79 Å². The third kappa shape index (κ3) is 3.26. The number of para-hydroxylation sites is 1. The van der Waals surface area contributed by atoms with Crippen molar-refractivity contribution in [1.29, 1.82) is 0 Å². The van der Waals surface area contributed by atoms with Crippen LogP contribution in [-0.4, -0.2) is 6.79 Å². The van der Waals surface area contributed by atoms with Gasteiger partial charge in [-0.15, -0.1) is 0 Å². The average molecular weight is 307 g/mol. The first kappa shape index (κ1) is 13.0. The molecule has 2 aromatic rings. The number of ether oxygens (including phenoxy) is 2. The molecule has 18 heavy (non-hydrogen) atoms. The molecule has 2 rings (SSSR count). The van der Waals surface area contributed by atoms with Crippen LogP contribution in [0.1, 0.15) is 11.1 Å². The summed E-state index contributed by atoms with van der Waals surface area (Å²) in [7, 11) is 0. The number of aryl methyl sites for hydroxylation is 2. The van der Waals surface area contributed by atoms with Crippen LogP contribution in [0.5, 0.6) is 11.5 Å². The summed E-state index contributed by atoms with van der Waals surface area (Å²) in [6.45, 7) is 4.24. The predicted octanol–water partition coefficient (Wildman–Crippen LogP) is 4.48. The van der Waals surface area contributed by atoms with Gasteiger partial charge in [-0.3, -0.25) is 0 Å². The summed E-state index contributed by atoms with van der Waals surface area (Å²) in [5.74, 6) is 1.69. The second-order valence-electron chi connectivity index (χ2n) is 4.08. The molecule has 0 radical (unpaired) electrons. The van der Waals surface area contributed by atoms with E-state index in [0.717, 1.165) is 27.1 Å². The van der Waals surface area contributed by atoms with E-state index in [1.807, 2.05) is 56.3 Å². The standard InChI is InChI=1S/C15H15BrO2/c1-11-5-3-4-6-14(11)17-10-18-15-8-7-13(16)9-12(15)2/h3-9H,10H2,1-2H3. The van der Waals surface area contributed by atoms with E-state index in [2.05, 4.69) is 15.9 Å². The van der Waals surface area contributed by atoms with Gasteiger partial charge >= 0.3 is 0 Å². The topological polar surface area (TPSA) is 18.5 Å². The number of hydrogen-bond acceptors (Lipinski definition) is 2. The Morgan fingerprint density at radius 2 is 1.56 bits per heavy atom. The first-order valence-corrected chi connectivity index (χ1v) is 6.53. The van der Waals surface area contributed by atoms with Crippen LogP contribution in [0.2, 0.25) is 0 Å². The van der Waals surface area contributed by atoms with Crippen molar-refractivity contribution in [3.63, 3.8) is 0 Å². The van der Waals surface area contributed by atoms with Crippen LogP contribution in [0.25, 0.3) is 0 Å². The summed E-state index contributed by atoms with van der Waals surface area (Å²) >= 11 is 3.42. The summed E-state index contributed by atoms with van der Waals surface area (Å²) in [6, 6.07) is 13.8. The molecule has 0 amide bonds. The third-order valence-corrected chi connectivity index (χ3v) is 3.15. The largest absolute Gasteiger partial charge is 0.457 e. The molecule has 0 heterocycles. The molecule has 0 aliphatic heterocycles.